The first-order valence-electron chi connectivity index (χ1n) is 9.53. The average molecular weight is 418 g/mol. The highest BCUT2D eigenvalue weighted by molar-refractivity contribution is 7.89. The van der Waals surface area contributed by atoms with Gasteiger partial charge in [0.05, 0.1) is 24.2 Å². The lowest BCUT2D eigenvalue weighted by Gasteiger charge is -2.18. The summed E-state index contributed by atoms with van der Waals surface area (Å²) in [4.78, 5) is 12.5. The molecule has 0 radical (unpaired) electrons. The molecule has 0 saturated heterocycles. The van der Waals surface area contributed by atoms with Crippen LogP contribution in [0.25, 0.3) is 0 Å². The first kappa shape index (κ1) is 19.8. The number of carbonyl (C=O) groups is 1. The van der Waals surface area contributed by atoms with Gasteiger partial charge >= 0.3 is 6.03 Å². The molecule has 2 amide bonds. The van der Waals surface area contributed by atoms with E-state index in [9.17, 15) is 18.3 Å². The van der Waals surface area contributed by atoms with Gasteiger partial charge in [-0.25, -0.2) is 9.52 Å². The summed E-state index contributed by atoms with van der Waals surface area (Å²) in [5, 5.41) is 12.2. The summed E-state index contributed by atoms with van der Waals surface area (Å²) in [6.07, 6.45) is 4.66. The Balaban J connectivity index is 1.59. The Morgan fingerprint density at radius 1 is 1.21 bits per heavy atom. The van der Waals surface area contributed by atoms with Crippen molar-refractivity contribution >= 4 is 35.1 Å². The summed E-state index contributed by atoms with van der Waals surface area (Å²) in [6.45, 7) is 3.56. The monoisotopic (exact) mass is 418 g/mol. The highest BCUT2D eigenvalue weighted by atomic mass is 32.2. The van der Waals surface area contributed by atoms with Crippen molar-refractivity contribution in [3.8, 4) is 5.75 Å². The molecule has 4 rings (SSSR count). The Hall–Kier alpha value is -2.46. The maximum Gasteiger partial charge on any atom is 0.333 e. The van der Waals surface area contributed by atoms with Gasteiger partial charge in [0.2, 0.25) is 5.09 Å². The minimum absolute atomic E-state index is 0.292. The third-order valence-corrected chi connectivity index (χ3v) is 6.73. The lowest BCUT2D eigenvalue weighted by atomic mass is 9.82. The number of ether oxygens (including phenoxy) is 1. The zero-order valence-electron chi connectivity index (χ0n) is 16.6. The van der Waals surface area contributed by atoms with Crippen LogP contribution in [-0.2, 0) is 34.9 Å². The quantitative estimate of drug-likeness (QED) is 0.630. The first-order chi connectivity index (χ1) is 13.6. The van der Waals surface area contributed by atoms with E-state index in [0.29, 0.717) is 23.6 Å². The number of benzene rings is 1. The molecule has 1 aromatic carbocycles. The number of furan rings is 1. The number of hydrogen-bond acceptors (Lipinski definition) is 6. The molecule has 2 heterocycles. The van der Waals surface area contributed by atoms with E-state index in [1.54, 1.807) is 0 Å². The maximum absolute atomic E-state index is 12.5. The fourth-order valence-electron chi connectivity index (χ4n) is 4.01. The van der Waals surface area contributed by atoms with E-state index in [2.05, 4.69) is 13.2 Å². The molecule has 3 N–H and O–H groups in total. The third kappa shape index (κ3) is 3.51. The second-order valence-electron chi connectivity index (χ2n) is 7.99. The lowest BCUT2D eigenvalue weighted by molar-refractivity contribution is 0.0779. The Labute approximate surface area is 170 Å². The highest BCUT2D eigenvalue weighted by Crippen LogP contribution is 2.40. The van der Waals surface area contributed by atoms with E-state index in [1.165, 1.54) is 30.9 Å². The molecular formula is C19H23BN2O6S. The number of amides is 2. The van der Waals surface area contributed by atoms with E-state index in [4.69, 9.17) is 9.15 Å². The zero-order chi connectivity index (χ0) is 21.0. The molecule has 2 aliphatic rings. The number of nitrogens with one attached hydrogen (secondary N) is 2. The summed E-state index contributed by atoms with van der Waals surface area (Å²) < 4.78 is 37.8. The van der Waals surface area contributed by atoms with Gasteiger partial charge in [0, 0.05) is 18.1 Å². The average Bonchev–Trinajstić information content (AvgIpc) is 3.37. The van der Waals surface area contributed by atoms with Crippen LogP contribution in [0.4, 0.5) is 10.5 Å². The molecule has 8 nitrogen and oxygen atoms in total. The number of hydrogen-bond donors (Lipinski definition) is 3. The molecule has 10 heteroatoms. The van der Waals surface area contributed by atoms with Crippen LogP contribution in [0.3, 0.4) is 0 Å². The molecule has 0 unspecified atom stereocenters. The van der Waals surface area contributed by atoms with Gasteiger partial charge in [-0.15, -0.1) is 0 Å². The van der Waals surface area contributed by atoms with Crippen molar-refractivity contribution in [2.45, 2.75) is 50.2 Å². The summed E-state index contributed by atoms with van der Waals surface area (Å²) in [7, 11) is -2.16. The molecule has 0 spiro atoms. The number of carbonyl (C=O) groups excluding carboxylic acids is 1. The summed E-state index contributed by atoms with van der Waals surface area (Å²) in [6, 6.07) is 0.307. The molecule has 0 bridgehead atoms. The number of fused-ring (bicyclic) bond motifs is 2. The molecule has 1 aliphatic heterocycles. The lowest BCUT2D eigenvalue weighted by Crippen LogP contribution is -2.35. The van der Waals surface area contributed by atoms with E-state index in [0.717, 1.165) is 43.1 Å². The van der Waals surface area contributed by atoms with E-state index < -0.39 is 26.7 Å². The SMILES string of the molecule is Bc1c2c(c(NC(=O)NS(=O)(=O)c3cc(C(C)(C)O)co3)c3c1CCO3)CCC2. The number of aliphatic hydroxyl groups is 1. The molecule has 154 valence electrons. The van der Waals surface area contributed by atoms with Crippen LogP contribution < -0.4 is 20.2 Å². The van der Waals surface area contributed by atoms with Crippen LogP contribution in [-0.4, -0.2) is 34.0 Å². The predicted molar refractivity (Wildman–Crippen MR) is 109 cm³/mol. The Bertz CT molecular complexity index is 1070. The molecule has 1 aromatic heterocycles. The second-order valence-corrected chi connectivity index (χ2v) is 9.60. The van der Waals surface area contributed by atoms with Crippen LogP contribution >= 0.6 is 0 Å². The summed E-state index contributed by atoms with van der Waals surface area (Å²) >= 11 is 0. The van der Waals surface area contributed by atoms with Crippen molar-refractivity contribution in [3.05, 3.63) is 34.6 Å². The topological polar surface area (TPSA) is 118 Å². The van der Waals surface area contributed by atoms with Crippen LogP contribution in [0.5, 0.6) is 5.75 Å². The van der Waals surface area contributed by atoms with Crippen molar-refractivity contribution in [2.75, 3.05) is 11.9 Å². The number of sulfonamides is 1. The third-order valence-electron chi connectivity index (χ3n) is 5.54. The number of anilines is 1. The fourth-order valence-corrected chi connectivity index (χ4v) is 4.86. The number of rotatable bonds is 4. The Morgan fingerprint density at radius 3 is 2.62 bits per heavy atom. The largest absolute Gasteiger partial charge is 0.491 e. The predicted octanol–water partition coefficient (Wildman–Crippen LogP) is 0.699. The van der Waals surface area contributed by atoms with Crippen LogP contribution in [0.15, 0.2) is 21.8 Å². The minimum Gasteiger partial charge on any atom is -0.491 e. The van der Waals surface area contributed by atoms with Gasteiger partial charge < -0.3 is 19.6 Å². The highest BCUT2D eigenvalue weighted by Gasteiger charge is 2.31. The van der Waals surface area contributed by atoms with Crippen molar-refractivity contribution < 1.29 is 27.5 Å². The van der Waals surface area contributed by atoms with E-state index in [1.807, 2.05) is 4.72 Å². The van der Waals surface area contributed by atoms with Gasteiger partial charge in [-0.1, -0.05) is 5.46 Å². The second kappa shape index (κ2) is 6.81. The van der Waals surface area contributed by atoms with E-state index in [-0.39, 0.29) is 0 Å². The van der Waals surface area contributed by atoms with E-state index >= 15 is 0 Å². The molecule has 29 heavy (non-hydrogen) atoms. The van der Waals surface area contributed by atoms with Gasteiger partial charge in [-0.05, 0) is 49.8 Å². The molecule has 0 fully saturated rings. The fraction of sp³-hybridized carbons (Fsp3) is 0.421. The summed E-state index contributed by atoms with van der Waals surface area (Å²) in [5.74, 6) is 0.637. The van der Waals surface area contributed by atoms with Crippen molar-refractivity contribution in [3.63, 3.8) is 0 Å². The molecular weight excluding hydrogens is 395 g/mol. The Morgan fingerprint density at radius 2 is 1.93 bits per heavy atom. The van der Waals surface area contributed by atoms with Crippen LogP contribution in [0.1, 0.15) is 42.5 Å². The zero-order valence-corrected chi connectivity index (χ0v) is 17.4. The van der Waals surface area contributed by atoms with Crippen molar-refractivity contribution in [1.29, 1.82) is 0 Å². The number of urea groups is 1. The van der Waals surface area contributed by atoms with Gasteiger partial charge in [-0.2, -0.15) is 8.42 Å². The molecule has 2 aromatic rings. The first-order valence-corrected chi connectivity index (χ1v) is 11.0. The van der Waals surface area contributed by atoms with Gasteiger partial charge in [0.1, 0.15) is 13.6 Å². The Kier molecular flexibility index (Phi) is 4.66. The van der Waals surface area contributed by atoms with Crippen molar-refractivity contribution in [1.82, 2.24) is 4.72 Å². The maximum atomic E-state index is 12.5. The van der Waals surface area contributed by atoms with Gasteiger partial charge in [0.15, 0.2) is 0 Å². The normalized spacial score (nSPS) is 15.6. The molecule has 0 saturated carbocycles. The summed E-state index contributed by atoms with van der Waals surface area (Å²) in [5.41, 5.74) is 4.09. The molecule has 1 aliphatic carbocycles. The minimum atomic E-state index is -4.24. The smallest absolute Gasteiger partial charge is 0.333 e. The van der Waals surface area contributed by atoms with Crippen LogP contribution in [0, 0.1) is 0 Å². The molecule has 0 atom stereocenters. The van der Waals surface area contributed by atoms with Gasteiger partial charge in [0.25, 0.3) is 10.0 Å². The standard InChI is InChI=1S/C19H23BN2O6S/c1-19(2,24)10-8-14(28-9-10)29(25,26)22-18(23)21-16-12-5-3-4-11(12)15(20)13-6-7-27-17(13)16/h8-9,24H,3-7,20H2,1-2H3,(H2,21,22,23). The van der Waals surface area contributed by atoms with Crippen LogP contribution in [0.2, 0.25) is 0 Å². The van der Waals surface area contributed by atoms with Gasteiger partial charge in [-0.3, -0.25) is 0 Å². The van der Waals surface area contributed by atoms with Crippen molar-refractivity contribution in [2.24, 2.45) is 0 Å².